The van der Waals surface area contributed by atoms with Crippen molar-refractivity contribution in [2.75, 3.05) is 25.5 Å². The fraction of sp³-hybridized carbons (Fsp3) is 0.615. The Bertz CT molecular complexity index is 311. The molecular weight excluding hydrogens is 217 g/mol. The van der Waals surface area contributed by atoms with Gasteiger partial charge >= 0.3 is 0 Å². The van der Waals surface area contributed by atoms with Crippen LogP contribution in [-0.4, -0.2) is 36.1 Å². The van der Waals surface area contributed by atoms with Gasteiger partial charge in [0.05, 0.1) is 6.20 Å². The van der Waals surface area contributed by atoms with Gasteiger partial charge in [0.25, 0.3) is 0 Å². The van der Waals surface area contributed by atoms with E-state index in [2.05, 4.69) is 36.1 Å². The maximum atomic E-state index is 12.6. The number of hydrogen-bond donors (Lipinski definition) is 1. The first-order chi connectivity index (χ1) is 8.09. The van der Waals surface area contributed by atoms with Crippen LogP contribution in [-0.2, 0) is 0 Å². The smallest absolute Gasteiger partial charge is 0.141 e. The summed E-state index contributed by atoms with van der Waals surface area (Å²) >= 11 is 0. The lowest BCUT2D eigenvalue weighted by Crippen LogP contribution is -2.27. The summed E-state index contributed by atoms with van der Waals surface area (Å²) < 4.78 is 12.6. The van der Waals surface area contributed by atoms with Gasteiger partial charge in [0, 0.05) is 12.6 Å². The topological polar surface area (TPSA) is 28.2 Å². The molecule has 0 bridgehead atoms. The second kappa shape index (κ2) is 7.22. The molecule has 1 aromatic heterocycles. The van der Waals surface area contributed by atoms with Crippen molar-refractivity contribution in [2.24, 2.45) is 0 Å². The molecule has 96 valence electrons. The summed E-state index contributed by atoms with van der Waals surface area (Å²) in [6, 6.07) is 3.68. The molecule has 0 fully saturated rings. The number of hydrogen-bond acceptors (Lipinski definition) is 3. The van der Waals surface area contributed by atoms with Crippen molar-refractivity contribution < 1.29 is 4.39 Å². The SMILES string of the molecule is CC(C)N(C)CCCCNc1ccc(F)cn1. The third kappa shape index (κ3) is 5.63. The Balaban J connectivity index is 2.10. The van der Waals surface area contributed by atoms with E-state index in [9.17, 15) is 4.39 Å². The van der Waals surface area contributed by atoms with Gasteiger partial charge in [-0.25, -0.2) is 9.37 Å². The van der Waals surface area contributed by atoms with Gasteiger partial charge in [0.1, 0.15) is 11.6 Å². The van der Waals surface area contributed by atoms with E-state index in [1.165, 1.54) is 12.3 Å². The summed E-state index contributed by atoms with van der Waals surface area (Å²) in [6.07, 6.45) is 3.48. The Kier molecular flexibility index (Phi) is 5.91. The first-order valence-electron chi connectivity index (χ1n) is 6.15. The molecule has 17 heavy (non-hydrogen) atoms. The molecule has 0 aliphatic heterocycles. The first kappa shape index (κ1) is 13.9. The number of aromatic nitrogens is 1. The summed E-state index contributed by atoms with van der Waals surface area (Å²) in [6.45, 7) is 6.38. The molecule has 1 heterocycles. The Hall–Kier alpha value is -1.16. The highest BCUT2D eigenvalue weighted by Crippen LogP contribution is 2.04. The molecule has 0 amide bonds. The lowest BCUT2D eigenvalue weighted by Gasteiger charge is -2.20. The van der Waals surface area contributed by atoms with Crippen molar-refractivity contribution in [3.63, 3.8) is 0 Å². The van der Waals surface area contributed by atoms with E-state index in [0.29, 0.717) is 6.04 Å². The number of halogens is 1. The first-order valence-corrected chi connectivity index (χ1v) is 6.15. The Labute approximate surface area is 103 Å². The average molecular weight is 239 g/mol. The molecule has 1 N–H and O–H groups in total. The molecule has 0 aliphatic carbocycles. The van der Waals surface area contributed by atoms with Gasteiger partial charge in [0.15, 0.2) is 0 Å². The zero-order chi connectivity index (χ0) is 12.7. The minimum Gasteiger partial charge on any atom is -0.370 e. The van der Waals surface area contributed by atoms with Gasteiger partial charge in [-0.05, 0) is 52.4 Å². The van der Waals surface area contributed by atoms with Crippen LogP contribution in [0.15, 0.2) is 18.3 Å². The minimum atomic E-state index is -0.297. The fourth-order valence-corrected chi connectivity index (χ4v) is 1.44. The van der Waals surface area contributed by atoms with Gasteiger partial charge in [-0.1, -0.05) is 0 Å². The molecule has 0 saturated carbocycles. The second-order valence-corrected chi connectivity index (χ2v) is 4.57. The zero-order valence-corrected chi connectivity index (χ0v) is 10.9. The Morgan fingerprint density at radius 1 is 1.35 bits per heavy atom. The molecule has 4 heteroatoms. The Morgan fingerprint density at radius 3 is 2.71 bits per heavy atom. The van der Waals surface area contributed by atoms with E-state index in [1.54, 1.807) is 6.07 Å². The number of nitrogens with zero attached hydrogens (tertiary/aromatic N) is 2. The van der Waals surface area contributed by atoms with E-state index >= 15 is 0 Å². The van der Waals surface area contributed by atoms with Gasteiger partial charge in [0.2, 0.25) is 0 Å². The van der Waals surface area contributed by atoms with Gasteiger partial charge in [-0.3, -0.25) is 0 Å². The van der Waals surface area contributed by atoms with Crippen LogP contribution in [0.5, 0.6) is 0 Å². The van der Waals surface area contributed by atoms with Crippen LogP contribution < -0.4 is 5.32 Å². The molecule has 0 unspecified atom stereocenters. The van der Waals surface area contributed by atoms with Crippen molar-refractivity contribution in [1.82, 2.24) is 9.88 Å². The normalized spacial score (nSPS) is 11.2. The summed E-state index contributed by atoms with van der Waals surface area (Å²) in [7, 11) is 2.14. The third-order valence-electron chi connectivity index (χ3n) is 2.85. The fourth-order valence-electron chi connectivity index (χ4n) is 1.44. The lowest BCUT2D eigenvalue weighted by molar-refractivity contribution is 0.269. The number of rotatable bonds is 7. The molecule has 0 aromatic carbocycles. The number of unbranched alkanes of at least 4 members (excludes halogenated alkanes) is 1. The molecule has 0 spiro atoms. The molecule has 0 saturated heterocycles. The Morgan fingerprint density at radius 2 is 2.12 bits per heavy atom. The highest BCUT2D eigenvalue weighted by atomic mass is 19.1. The third-order valence-corrected chi connectivity index (χ3v) is 2.85. The molecule has 0 atom stereocenters. The number of nitrogens with one attached hydrogen (secondary N) is 1. The van der Waals surface area contributed by atoms with Crippen molar-refractivity contribution in [3.05, 3.63) is 24.1 Å². The van der Waals surface area contributed by atoms with E-state index in [-0.39, 0.29) is 5.82 Å². The maximum Gasteiger partial charge on any atom is 0.141 e. The van der Waals surface area contributed by atoms with Crippen LogP contribution in [0.25, 0.3) is 0 Å². The minimum absolute atomic E-state index is 0.297. The molecule has 3 nitrogen and oxygen atoms in total. The average Bonchev–Trinajstić information content (AvgIpc) is 2.30. The van der Waals surface area contributed by atoms with Crippen molar-refractivity contribution in [1.29, 1.82) is 0 Å². The van der Waals surface area contributed by atoms with Crippen molar-refractivity contribution in [3.8, 4) is 0 Å². The molecular formula is C13H22FN3. The van der Waals surface area contributed by atoms with E-state index in [4.69, 9.17) is 0 Å². The van der Waals surface area contributed by atoms with Crippen LogP contribution in [0, 0.1) is 5.82 Å². The van der Waals surface area contributed by atoms with Crippen LogP contribution in [0.2, 0.25) is 0 Å². The van der Waals surface area contributed by atoms with Gasteiger partial charge < -0.3 is 10.2 Å². The summed E-state index contributed by atoms with van der Waals surface area (Å²) in [5.74, 6) is 0.442. The van der Waals surface area contributed by atoms with Crippen molar-refractivity contribution in [2.45, 2.75) is 32.7 Å². The number of pyridine rings is 1. The molecule has 0 aliphatic rings. The van der Waals surface area contributed by atoms with E-state index < -0.39 is 0 Å². The summed E-state index contributed by atoms with van der Waals surface area (Å²) in [5, 5.41) is 3.18. The van der Waals surface area contributed by atoms with Gasteiger partial charge in [-0.15, -0.1) is 0 Å². The standard InChI is InChI=1S/C13H22FN3/c1-11(2)17(3)9-5-4-8-15-13-7-6-12(14)10-16-13/h6-7,10-11H,4-5,8-9H2,1-3H3,(H,15,16). The highest BCUT2D eigenvalue weighted by Gasteiger charge is 2.01. The molecule has 0 radical (unpaired) electrons. The molecule has 1 aromatic rings. The second-order valence-electron chi connectivity index (χ2n) is 4.57. The monoisotopic (exact) mass is 239 g/mol. The quantitative estimate of drug-likeness (QED) is 0.742. The largest absolute Gasteiger partial charge is 0.370 e. The van der Waals surface area contributed by atoms with Crippen LogP contribution >= 0.6 is 0 Å². The highest BCUT2D eigenvalue weighted by molar-refractivity contribution is 5.33. The predicted octanol–water partition coefficient (Wildman–Crippen LogP) is 2.75. The van der Waals surface area contributed by atoms with Crippen LogP contribution in [0.3, 0.4) is 0 Å². The summed E-state index contributed by atoms with van der Waals surface area (Å²) in [5.41, 5.74) is 0. The van der Waals surface area contributed by atoms with Gasteiger partial charge in [-0.2, -0.15) is 0 Å². The maximum absolute atomic E-state index is 12.6. The van der Waals surface area contributed by atoms with E-state index in [0.717, 1.165) is 31.7 Å². The van der Waals surface area contributed by atoms with E-state index in [1.807, 2.05) is 0 Å². The van der Waals surface area contributed by atoms with Crippen LogP contribution in [0.1, 0.15) is 26.7 Å². The summed E-state index contributed by atoms with van der Waals surface area (Å²) in [4.78, 5) is 6.27. The predicted molar refractivity (Wildman–Crippen MR) is 69.7 cm³/mol. The van der Waals surface area contributed by atoms with Crippen molar-refractivity contribution >= 4 is 5.82 Å². The molecule has 1 rings (SSSR count). The van der Waals surface area contributed by atoms with Crippen LogP contribution in [0.4, 0.5) is 10.2 Å². The number of anilines is 1. The lowest BCUT2D eigenvalue weighted by atomic mass is 10.2. The zero-order valence-electron chi connectivity index (χ0n) is 10.9.